The molecule has 0 fully saturated rings. The number of hydrogen-bond acceptors (Lipinski definition) is 4. The van der Waals surface area contributed by atoms with Crippen LogP contribution in [0.3, 0.4) is 0 Å². The van der Waals surface area contributed by atoms with Crippen molar-refractivity contribution in [2.75, 3.05) is 6.61 Å². The number of hydrogen-bond donors (Lipinski definition) is 0. The summed E-state index contributed by atoms with van der Waals surface area (Å²) in [6, 6.07) is 0. The standard InChI is InChI=1S/C9H12O4/c1-3-12-9(11)7-4-5-8(10)13-6(7)2/h3-5H2,1-2H3. The van der Waals surface area contributed by atoms with E-state index in [1.54, 1.807) is 13.8 Å². The number of rotatable bonds is 2. The van der Waals surface area contributed by atoms with Gasteiger partial charge in [-0.2, -0.15) is 0 Å². The van der Waals surface area contributed by atoms with E-state index in [4.69, 9.17) is 9.47 Å². The molecule has 0 amide bonds. The van der Waals surface area contributed by atoms with Gasteiger partial charge in [-0.05, 0) is 20.3 Å². The average Bonchev–Trinajstić information content (AvgIpc) is 2.04. The van der Waals surface area contributed by atoms with Gasteiger partial charge in [-0.3, -0.25) is 4.79 Å². The second kappa shape index (κ2) is 4.07. The van der Waals surface area contributed by atoms with Gasteiger partial charge in [-0.15, -0.1) is 0 Å². The van der Waals surface area contributed by atoms with Gasteiger partial charge in [0.1, 0.15) is 5.76 Å². The van der Waals surface area contributed by atoms with Crippen LogP contribution in [0.2, 0.25) is 0 Å². The van der Waals surface area contributed by atoms with Crippen LogP contribution in [0.25, 0.3) is 0 Å². The monoisotopic (exact) mass is 184 g/mol. The van der Waals surface area contributed by atoms with E-state index in [1.165, 1.54) is 0 Å². The molecule has 0 aliphatic carbocycles. The predicted octanol–water partition coefficient (Wildman–Crippen LogP) is 1.16. The minimum atomic E-state index is -0.382. The second-order valence-corrected chi connectivity index (χ2v) is 2.73. The normalized spacial score (nSPS) is 16.9. The van der Waals surface area contributed by atoms with Gasteiger partial charge in [-0.25, -0.2) is 4.79 Å². The van der Waals surface area contributed by atoms with E-state index < -0.39 is 0 Å². The molecular weight excluding hydrogens is 172 g/mol. The zero-order chi connectivity index (χ0) is 9.84. The second-order valence-electron chi connectivity index (χ2n) is 2.73. The summed E-state index contributed by atoms with van der Waals surface area (Å²) < 4.78 is 9.61. The van der Waals surface area contributed by atoms with Gasteiger partial charge in [0.05, 0.1) is 18.6 Å². The van der Waals surface area contributed by atoms with Crippen LogP contribution in [-0.4, -0.2) is 18.5 Å². The molecule has 0 aromatic heterocycles. The molecule has 0 unspecified atom stereocenters. The summed E-state index contributed by atoms with van der Waals surface area (Å²) in [5.41, 5.74) is 0.474. The minimum Gasteiger partial charge on any atom is -0.463 e. The molecule has 4 nitrogen and oxygen atoms in total. The van der Waals surface area contributed by atoms with Gasteiger partial charge in [0, 0.05) is 0 Å². The van der Waals surface area contributed by atoms with Gasteiger partial charge >= 0.3 is 11.9 Å². The molecule has 0 bridgehead atoms. The summed E-state index contributed by atoms with van der Waals surface area (Å²) in [7, 11) is 0. The fraction of sp³-hybridized carbons (Fsp3) is 0.556. The summed E-state index contributed by atoms with van der Waals surface area (Å²) in [6.45, 7) is 3.68. The Hall–Kier alpha value is -1.32. The van der Waals surface area contributed by atoms with Gasteiger partial charge in [0.15, 0.2) is 0 Å². The molecule has 0 radical (unpaired) electrons. The molecule has 0 atom stereocenters. The third-order valence-electron chi connectivity index (χ3n) is 1.79. The van der Waals surface area contributed by atoms with Crippen LogP contribution < -0.4 is 0 Å². The predicted molar refractivity (Wildman–Crippen MR) is 44.7 cm³/mol. The molecule has 1 heterocycles. The van der Waals surface area contributed by atoms with Crippen molar-refractivity contribution in [3.8, 4) is 0 Å². The van der Waals surface area contributed by atoms with Crippen molar-refractivity contribution in [2.24, 2.45) is 0 Å². The summed E-state index contributed by atoms with van der Waals surface area (Å²) in [4.78, 5) is 22.0. The molecule has 1 aliphatic rings. The van der Waals surface area contributed by atoms with Crippen LogP contribution in [0.4, 0.5) is 0 Å². The largest absolute Gasteiger partial charge is 0.463 e. The Morgan fingerprint density at radius 1 is 1.54 bits per heavy atom. The summed E-state index contributed by atoms with van der Waals surface area (Å²) in [6.07, 6.45) is 0.676. The molecule has 1 aliphatic heterocycles. The Labute approximate surface area is 76.5 Å². The summed E-state index contributed by atoms with van der Waals surface area (Å²) in [5.74, 6) is -0.298. The SMILES string of the molecule is CCOC(=O)C1=C(C)OC(=O)CC1. The van der Waals surface area contributed by atoms with Crippen LogP contribution in [-0.2, 0) is 19.1 Å². The highest BCUT2D eigenvalue weighted by molar-refractivity contribution is 5.91. The number of carbonyl (C=O) groups excluding carboxylic acids is 2. The highest BCUT2D eigenvalue weighted by Crippen LogP contribution is 2.20. The smallest absolute Gasteiger partial charge is 0.337 e. The molecule has 0 N–H and O–H groups in total. The first kappa shape index (κ1) is 9.77. The Morgan fingerprint density at radius 2 is 2.23 bits per heavy atom. The highest BCUT2D eigenvalue weighted by Gasteiger charge is 2.23. The molecule has 72 valence electrons. The Balaban J connectivity index is 2.73. The fourth-order valence-electron chi connectivity index (χ4n) is 1.15. The van der Waals surface area contributed by atoms with Gasteiger partial charge in [-0.1, -0.05) is 0 Å². The third-order valence-corrected chi connectivity index (χ3v) is 1.79. The Bertz CT molecular complexity index is 265. The summed E-state index contributed by atoms with van der Waals surface area (Å²) in [5, 5.41) is 0. The topological polar surface area (TPSA) is 52.6 Å². The van der Waals surface area contributed by atoms with Crippen molar-refractivity contribution >= 4 is 11.9 Å². The molecule has 0 aromatic rings. The number of carbonyl (C=O) groups is 2. The lowest BCUT2D eigenvalue weighted by Crippen LogP contribution is -2.18. The fourth-order valence-corrected chi connectivity index (χ4v) is 1.15. The van der Waals surface area contributed by atoms with Crippen LogP contribution in [0.15, 0.2) is 11.3 Å². The van der Waals surface area contributed by atoms with Crippen LogP contribution >= 0.6 is 0 Å². The Morgan fingerprint density at radius 3 is 2.77 bits per heavy atom. The Kier molecular flexibility index (Phi) is 3.06. The number of allylic oxidation sites excluding steroid dienone is 1. The van der Waals surface area contributed by atoms with E-state index in [-0.39, 0.29) is 18.4 Å². The lowest BCUT2D eigenvalue weighted by molar-refractivity contribution is -0.143. The van der Waals surface area contributed by atoms with E-state index >= 15 is 0 Å². The van der Waals surface area contributed by atoms with Crippen LogP contribution in [0.5, 0.6) is 0 Å². The van der Waals surface area contributed by atoms with Crippen molar-refractivity contribution in [3.05, 3.63) is 11.3 Å². The third kappa shape index (κ3) is 2.31. The number of ether oxygens (including phenoxy) is 2. The van der Waals surface area contributed by atoms with Crippen molar-refractivity contribution in [1.82, 2.24) is 0 Å². The maximum absolute atomic E-state index is 11.2. The molecular formula is C9H12O4. The quantitative estimate of drug-likeness (QED) is 0.604. The van der Waals surface area contributed by atoms with Crippen LogP contribution in [0, 0.1) is 0 Å². The minimum absolute atomic E-state index is 0.255. The van der Waals surface area contributed by atoms with E-state index in [9.17, 15) is 9.59 Å². The first-order valence-corrected chi connectivity index (χ1v) is 4.22. The highest BCUT2D eigenvalue weighted by atomic mass is 16.5. The first-order chi connectivity index (χ1) is 6.15. The molecule has 0 saturated carbocycles. The molecule has 4 heteroatoms. The van der Waals surface area contributed by atoms with Crippen molar-refractivity contribution in [1.29, 1.82) is 0 Å². The van der Waals surface area contributed by atoms with Crippen molar-refractivity contribution in [3.63, 3.8) is 0 Å². The lowest BCUT2D eigenvalue weighted by Gasteiger charge is -2.15. The zero-order valence-electron chi connectivity index (χ0n) is 7.75. The molecule has 13 heavy (non-hydrogen) atoms. The maximum Gasteiger partial charge on any atom is 0.337 e. The molecule has 1 rings (SSSR count). The van der Waals surface area contributed by atoms with E-state index in [0.29, 0.717) is 24.4 Å². The van der Waals surface area contributed by atoms with Gasteiger partial charge in [0.2, 0.25) is 0 Å². The molecule has 0 spiro atoms. The average molecular weight is 184 g/mol. The van der Waals surface area contributed by atoms with Crippen molar-refractivity contribution in [2.45, 2.75) is 26.7 Å². The van der Waals surface area contributed by atoms with Crippen LogP contribution in [0.1, 0.15) is 26.7 Å². The first-order valence-electron chi connectivity index (χ1n) is 4.22. The number of esters is 2. The van der Waals surface area contributed by atoms with E-state index in [1.807, 2.05) is 0 Å². The van der Waals surface area contributed by atoms with E-state index in [0.717, 1.165) is 0 Å². The molecule has 0 saturated heterocycles. The number of cyclic esters (lactones) is 1. The lowest BCUT2D eigenvalue weighted by atomic mass is 10.1. The van der Waals surface area contributed by atoms with Gasteiger partial charge in [0.25, 0.3) is 0 Å². The van der Waals surface area contributed by atoms with Gasteiger partial charge < -0.3 is 9.47 Å². The molecule has 0 aromatic carbocycles. The maximum atomic E-state index is 11.2. The summed E-state index contributed by atoms with van der Waals surface area (Å²) >= 11 is 0. The zero-order valence-corrected chi connectivity index (χ0v) is 7.75. The van der Waals surface area contributed by atoms with E-state index in [2.05, 4.69) is 0 Å². The van der Waals surface area contributed by atoms with Crippen molar-refractivity contribution < 1.29 is 19.1 Å².